The van der Waals surface area contributed by atoms with Crippen molar-refractivity contribution < 1.29 is 14.7 Å². The molecule has 1 amide bonds. The maximum Gasteiger partial charge on any atom is 0.309 e. The zero-order chi connectivity index (χ0) is 16.3. The van der Waals surface area contributed by atoms with E-state index in [0.717, 1.165) is 10.7 Å². The number of carboxylic acid groups (broad SMARTS) is 1. The van der Waals surface area contributed by atoms with E-state index in [1.165, 1.54) is 11.8 Å². The van der Waals surface area contributed by atoms with Gasteiger partial charge in [-0.15, -0.1) is 0 Å². The van der Waals surface area contributed by atoms with E-state index in [4.69, 9.17) is 5.11 Å². The van der Waals surface area contributed by atoms with Gasteiger partial charge < -0.3 is 10.4 Å². The van der Waals surface area contributed by atoms with Crippen molar-refractivity contribution in [1.29, 1.82) is 0 Å². The molecule has 0 aliphatic carbocycles. The van der Waals surface area contributed by atoms with Crippen LogP contribution in [0.3, 0.4) is 0 Å². The standard InChI is InChI=1S/C15H19N3O3S/c1-15(2,13(20)21)7-8-16-12(19)11-10-6-4-5-9-18(10)14(17-11)22-3/h4-6,9H,7-8H2,1-3H3,(H,16,19)(H,20,21). The van der Waals surface area contributed by atoms with Crippen molar-refractivity contribution in [2.75, 3.05) is 12.8 Å². The highest BCUT2D eigenvalue weighted by Crippen LogP contribution is 2.21. The number of aromatic nitrogens is 2. The monoisotopic (exact) mass is 321 g/mol. The van der Waals surface area contributed by atoms with Crippen molar-refractivity contribution in [2.45, 2.75) is 25.4 Å². The molecule has 2 aromatic heterocycles. The lowest BCUT2D eigenvalue weighted by molar-refractivity contribution is -0.147. The van der Waals surface area contributed by atoms with Gasteiger partial charge in [0.15, 0.2) is 10.9 Å². The summed E-state index contributed by atoms with van der Waals surface area (Å²) in [4.78, 5) is 27.7. The molecule has 22 heavy (non-hydrogen) atoms. The van der Waals surface area contributed by atoms with Crippen LogP contribution in [0.25, 0.3) is 5.52 Å². The number of thioether (sulfide) groups is 1. The number of carbonyl (C=O) groups is 2. The van der Waals surface area contributed by atoms with Crippen molar-refractivity contribution >= 4 is 29.2 Å². The van der Waals surface area contributed by atoms with E-state index in [1.54, 1.807) is 13.8 Å². The summed E-state index contributed by atoms with van der Waals surface area (Å²) in [5.41, 5.74) is 0.230. The van der Waals surface area contributed by atoms with E-state index in [-0.39, 0.29) is 5.91 Å². The lowest BCUT2D eigenvalue weighted by Gasteiger charge is -2.18. The van der Waals surface area contributed by atoms with Crippen LogP contribution in [0.15, 0.2) is 29.6 Å². The number of imidazole rings is 1. The molecule has 0 spiro atoms. The highest BCUT2D eigenvalue weighted by atomic mass is 32.2. The third kappa shape index (κ3) is 3.24. The lowest BCUT2D eigenvalue weighted by atomic mass is 9.90. The molecule has 2 heterocycles. The van der Waals surface area contributed by atoms with E-state index in [9.17, 15) is 9.59 Å². The molecule has 0 aromatic carbocycles. The van der Waals surface area contributed by atoms with Crippen molar-refractivity contribution in [3.63, 3.8) is 0 Å². The summed E-state index contributed by atoms with van der Waals surface area (Å²) in [5, 5.41) is 12.6. The van der Waals surface area contributed by atoms with Crippen LogP contribution in [0, 0.1) is 5.41 Å². The number of nitrogens with one attached hydrogen (secondary N) is 1. The molecule has 2 rings (SSSR count). The van der Waals surface area contributed by atoms with E-state index in [1.807, 2.05) is 35.1 Å². The number of nitrogens with zero attached hydrogens (tertiary/aromatic N) is 2. The summed E-state index contributed by atoms with van der Waals surface area (Å²) in [7, 11) is 0. The average Bonchev–Trinajstić information content (AvgIpc) is 2.85. The molecule has 0 saturated heterocycles. The second-order valence-corrected chi connectivity index (χ2v) is 6.37. The topological polar surface area (TPSA) is 83.7 Å². The molecule has 0 fully saturated rings. The number of aliphatic carboxylic acids is 1. The molecule has 2 N–H and O–H groups in total. The summed E-state index contributed by atoms with van der Waals surface area (Å²) >= 11 is 1.46. The summed E-state index contributed by atoms with van der Waals surface area (Å²) in [6, 6.07) is 5.57. The molecule has 0 aliphatic rings. The van der Waals surface area contributed by atoms with Crippen LogP contribution >= 0.6 is 11.8 Å². The number of pyridine rings is 1. The van der Waals surface area contributed by atoms with Gasteiger partial charge in [0, 0.05) is 12.7 Å². The van der Waals surface area contributed by atoms with Crippen LogP contribution in [0.5, 0.6) is 0 Å². The predicted molar refractivity (Wildman–Crippen MR) is 85.3 cm³/mol. The van der Waals surface area contributed by atoms with Crippen molar-refractivity contribution in [1.82, 2.24) is 14.7 Å². The predicted octanol–water partition coefficient (Wildman–Crippen LogP) is 2.29. The van der Waals surface area contributed by atoms with Crippen LogP contribution in [0.1, 0.15) is 30.8 Å². The first-order valence-corrected chi connectivity index (χ1v) is 8.12. The van der Waals surface area contributed by atoms with Crippen LogP contribution in [-0.2, 0) is 4.79 Å². The first-order chi connectivity index (χ1) is 10.4. The number of amides is 1. The highest BCUT2D eigenvalue weighted by Gasteiger charge is 2.27. The Balaban J connectivity index is 2.12. The maximum atomic E-state index is 12.3. The van der Waals surface area contributed by atoms with Crippen LogP contribution in [-0.4, -0.2) is 39.2 Å². The van der Waals surface area contributed by atoms with Gasteiger partial charge >= 0.3 is 5.97 Å². The molecule has 0 bridgehead atoms. The van der Waals surface area contributed by atoms with Gasteiger partial charge in [-0.3, -0.25) is 14.0 Å². The van der Waals surface area contributed by atoms with Gasteiger partial charge in [0.05, 0.1) is 10.9 Å². The second kappa shape index (κ2) is 6.39. The lowest BCUT2D eigenvalue weighted by Crippen LogP contribution is -2.32. The molecular weight excluding hydrogens is 302 g/mol. The summed E-state index contributed by atoms with van der Waals surface area (Å²) < 4.78 is 1.86. The summed E-state index contributed by atoms with van der Waals surface area (Å²) in [5.74, 6) is -1.16. The second-order valence-electron chi connectivity index (χ2n) is 5.60. The van der Waals surface area contributed by atoms with Gasteiger partial charge in [0.1, 0.15) is 0 Å². The summed E-state index contributed by atoms with van der Waals surface area (Å²) in [6.07, 6.45) is 4.12. The third-order valence-corrected chi connectivity index (χ3v) is 4.18. The minimum absolute atomic E-state index is 0.287. The normalized spacial score (nSPS) is 11.6. The Bertz CT molecular complexity index is 709. The number of hydrogen-bond donors (Lipinski definition) is 2. The third-order valence-electron chi connectivity index (χ3n) is 3.53. The fourth-order valence-electron chi connectivity index (χ4n) is 2.00. The van der Waals surface area contributed by atoms with Gasteiger partial charge in [0.25, 0.3) is 5.91 Å². The first-order valence-electron chi connectivity index (χ1n) is 6.89. The average molecular weight is 321 g/mol. The quantitative estimate of drug-likeness (QED) is 0.798. The maximum absolute atomic E-state index is 12.3. The number of carboxylic acids is 1. The molecule has 2 aromatic rings. The van der Waals surface area contributed by atoms with Gasteiger partial charge in [0.2, 0.25) is 0 Å². The molecule has 7 heteroatoms. The largest absolute Gasteiger partial charge is 0.481 e. The highest BCUT2D eigenvalue weighted by molar-refractivity contribution is 7.98. The molecule has 118 valence electrons. The Morgan fingerprint density at radius 1 is 1.41 bits per heavy atom. The molecular formula is C15H19N3O3S. The Morgan fingerprint density at radius 3 is 2.77 bits per heavy atom. The molecule has 0 saturated carbocycles. The van der Waals surface area contributed by atoms with Crippen LogP contribution < -0.4 is 5.32 Å². The van der Waals surface area contributed by atoms with E-state index in [2.05, 4.69) is 10.3 Å². The van der Waals surface area contributed by atoms with Gasteiger partial charge in [-0.2, -0.15) is 0 Å². The van der Waals surface area contributed by atoms with Gasteiger partial charge in [-0.25, -0.2) is 4.98 Å². The number of rotatable bonds is 6. The SMILES string of the molecule is CSc1nc(C(=O)NCCC(C)(C)C(=O)O)c2ccccn12. The zero-order valence-electron chi connectivity index (χ0n) is 12.8. The van der Waals surface area contributed by atoms with Crippen LogP contribution in [0.2, 0.25) is 0 Å². The minimum Gasteiger partial charge on any atom is -0.481 e. The van der Waals surface area contributed by atoms with Crippen molar-refractivity contribution in [2.24, 2.45) is 5.41 Å². The minimum atomic E-state index is -0.876. The number of hydrogen-bond acceptors (Lipinski definition) is 4. The zero-order valence-corrected chi connectivity index (χ0v) is 13.6. The first kappa shape index (κ1) is 16.4. The fraction of sp³-hybridized carbons (Fsp3) is 0.400. The van der Waals surface area contributed by atoms with E-state index in [0.29, 0.717) is 18.7 Å². The Kier molecular flexibility index (Phi) is 4.75. The van der Waals surface area contributed by atoms with Crippen LogP contribution in [0.4, 0.5) is 0 Å². The smallest absolute Gasteiger partial charge is 0.309 e. The van der Waals surface area contributed by atoms with E-state index < -0.39 is 11.4 Å². The van der Waals surface area contributed by atoms with Crippen molar-refractivity contribution in [3.8, 4) is 0 Å². The molecule has 0 unspecified atom stereocenters. The Labute approximate surface area is 132 Å². The number of fused-ring (bicyclic) bond motifs is 1. The molecule has 0 radical (unpaired) electrons. The molecule has 0 atom stereocenters. The number of carbonyl (C=O) groups excluding carboxylic acids is 1. The molecule has 6 nitrogen and oxygen atoms in total. The Hall–Kier alpha value is -2.02. The van der Waals surface area contributed by atoms with Crippen molar-refractivity contribution in [3.05, 3.63) is 30.1 Å². The van der Waals surface area contributed by atoms with Gasteiger partial charge in [-0.05, 0) is 38.7 Å². The fourth-order valence-corrected chi connectivity index (χ4v) is 2.54. The Morgan fingerprint density at radius 2 is 2.14 bits per heavy atom. The summed E-state index contributed by atoms with van der Waals surface area (Å²) in [6.45, 7) is 3.57. The van der Waals surface area contributed by atoms with Gasteiger partial charge in [-0.1, -0.05) is 17.8 Å². The molecule has 0 aliphatic heterocycles. The van der Waals surface area contributed by atoms with E-state index >= 15 is 0 Å².